The summed E-state index contributed by atoms with van der Waals surface area (Å²) >= 11 is 1.11. The molecule has 3 atom stereocenters. The van der Waals surface area contributed by atoms with Gasteiger partial charge in [-0.1, -0.05) is 16.9 Å². The van der Waals surface area contributed by atoms with E-state index in [1.54, 1.807) is 0 Å². The second-order valence-electron chi connectivity index (χ2n) is 8.55. The molecule has 18 nitrogen and oxygen atoms in total. The van der Waals surface area contributed by atoms with Crippen molar-refractivity contribution in [2.45, 2.75) is 49.1 Å². The van der Waals surface area contributed by atoms with Crippen LogP contribution in [-0.4, -0.2) is 97.1 Å². The highest BCUT2D eigenvalue weighted by atomic mass is 32.2. The second kappa shape index (κ2) is 10.8. The first-order valence-corrected chi connectivity index (χ1v) is 13.6. The summed E-state index contributed by atoms with van der Waals surface area (Å²) in [5, 5.41) is 30.9. The number of thioether (sulfide) groups is 1. The Bertz CT molecular complexity index is 1280. The number of rotatable bonds is 13. The lowest BCUT2D eigenvalue weighted by atomic mass is 9.98. The maximum Gasteiger partial charge on any atom is 0.362 e. The van der Waals surface area contributed by atoms with E-state index in [9.17, 15) is 32.5 Å². The van der Waals surface area contributed by atoms with Crippen molar-refractivity contribution in [1.82, 2.24) is 35.2 Å². The molecule has 2 amide bonds. The zero-order valence-electron chi connectivity index (χ0n) is 19.7. The third kappa shape index (κ3) is 5.89. The van der Waals surface area contributed by atoms with E-state index in [4.69, 9.17) is 16.3 Å². The molecule has 0 radical (unpaired) electrons. The van der Waals surface area contributed by atoms with Gasteiger partial charge in [0.1, 0.15) is 17.6 Å². The Balaban J connectivity index is 1.52. The average Bonchev–Trinajstić information content (AvgIpc) is 3.31. The van der Waals surface area contributed by atoms with Crippen LogP contribution in [0.15, 0.2) is 22.5 Å². The smallest absolute Gasteiger partial charge is 0.362 e. The SMILES string of the molecule is NCCNCc1cnn(CC2C(NC(=O)/C(=N\OC3(C(=O)O)CC3)C3=CSC(N)N3)C(=O)N2S(=O)(=O)O)n1. The van der Waals surface area contributed by atoms with E-state index in [-0.39, 0.29) is 29.4 Å². The fourth-order valence-electron chi connectivity index (χ4n) is 3.63. The van der Waals surface area contributed by atoms with Crippen molar-refractivity contribution in [1.29, 1.82) is 0 Å². The van der Waals surface area contributed by atoms with Gasteiger partial charge in [-0.3, -0.25) is 14.1 Å². The first kappa shape index (κ1) is 27.7. The Morgan fingerprint density at radius 2 is 2.13 bits per heavy atom. The molecule has 0 aromatic carbocycles. The van der Waals surface area contributed by atoms with Crippen LogP contribution in [0.5, 0.6) is 0 Å². The van der Waals surface area contributed by atoms with E-state index >= 15 is 0 Å². The molecular weight excluding hydrogens is 548 g/mol. The normalized spacial score (nSPS) is 24.3. The summed E-state index contributed by atoms with van der Waals surface area (Å²) in [4.78, 5) is 43.5. The number of β-lactam (4-membered cyclic amide) rings is 1. The van der Waals surface area contributed by atoms with Crippen LogP contribution in [0.2, 0.25) is 0 Å². The average molecular weight is 575 g/mol. The number of carboxylic acids is 1. The first-order chi connectivity index (χ1) is 17.9. The summed E-state index contributed by atoms with van der Waals surface area (Å²) < 4.78 is 33.4. The molecular formula is C18H26N10O8S2. The molecule has 3 heterocycles. The molecule has 20 heteroatoms. The van der Waals surface area contributed by atoms with Crippen LogP contribution < -0.4 is 27.4 Å². The number of carbonyl (C=O) groups is 3. The molecule has 2 fully saturated rings. The number of hydrogen-bond donors (Lipinski definition) is 7. The molecule has 1 aromatic heterocycles. The van der Waals surface area contributed by atoms with Gasteiger partial charge in [0.25, 0.3) is 11.8 Å². The van der Waals surface area contributed by atoms with Crippen molar-refractivity contribution in [3.63, 3.8) is 0 Å². The standard InChI is InChI=1S/C18H26N10O8S2/c19-3-4-21-5-9-6-22-27(25-9)7-11-13(15(30)28(11)38(33,34)35)24-14(29)12(10-8-37-17(20)23-10)26-36-18(1-2-18)16(31)32/h6,8,11,13,17,21,23H,1-5,7,19-20H2,(H,24,29)(H,31,32)(H,33,34,35)/b26-12-. The molecule has 0 bridgehead atoms. The Labute approximate surface area is 220 Å². The number of nitrogens with two attached hydrogens (primary N) is 2. The minimum Gasteiger partial charge on any atom is -0.478 e. The fourth-order valence-corrected chi connectivity index (χ4v) is 5.16. The van der Waals surface area contributed by atoms with E-state index in [1.807, 2.05) is 0 Å². The van der Waals surface area contributed by atoms with E-state index in [0.29, 0.717) is 25.3 Å². The van der Waals surface area contributed by atoms with Crippen molar-refractivity contribution in [3.05, 3.63) is 23.0 Å². The first-order valence-electron chi connectivity index (χ1n) is 11.2. The molecule has 9 N–H and O–H groups in total. The second-order valence-corrected chi connectivity index (χ2v) is 10.9. The molecule has 1 aliphatic carbocycles. The number of carboxylic acid groups (broad SMARTS) is 1. The van der Waals surface area contributed by atoms with Gasteiger partial charge in [-0.15, -0.1) is 0 Å². The van der Waals surface area contributed by atoms with Gasteiger partial charge >= 0.3 is 16.3 Å². The van der Waals surface area contributed by atoms with Gasteiger partial charge in [0.2, 0.25) is 5.60 Å². The lowest BCUT2D eigenvalue weighted by Crippen LogP contribution is -2.73. The van der Waals surface area contributed by atoms with Crippen LogP contribution in [0.4, 0.5) is 0 Å². The molecule has 3 aliphatic rings. The topological polar surface area (TPSA) is 269 Å². The van der Waals surface area contributed by atoms with Crippen LogP contribution in [0.3, 0.4) is 0 Å². The largest absolute Gasteiger partial charge is 0.478 e. The minimum absolute atomic E-state index is 0.111. The molecule has 1 saturated carbocycles. The molecule has 2 aliphatic heterocycles. The zero-order chi connectivity index (χ0) is 27.7. The summed E-state index contributed by atoms with van der Waals surface area (Å²) in [7, 11) is -4.96. The maximum atomic E-state index is 13.2. The van der Waals surface area contributed by atoms with Crippen molar-refractivity contribution < 1.29 is 37.3 Å². The molecule has 3 unspecified atom stereocenters. The van der Waals surface area contributed by atoms with Gasteiger partial charge < -0.3 is 37.4 Å². The molecule has 4 rings (SSSR count). The number of carbonyl (C=O) groups excluding carboxylic acids is 2. The summed E-state index contributed by atoms with van der Waals surface area (Å²) in [6.07, 6.45) is 1.80. The number of aliphatic carboxylic acids is 1. The van der Waals surface area contributed by atoms with Crippen LogP contribution in [0.25, 0.3) is 0 Å². The molecule has 0 spiro atoms. The monoisotopic (exact) mass is 574 g/mol. The van der Waals surface area contributed by atoms with Gasteiger partial charge in [-0.25, -0.2) is 9.10 Å². The van der Waals surface area contributed by atoms with Crippen molar-refractivity contribution in [2.24, 2.45) is 16.6 Å². The number of nitrogens with one attached hydrogen (secondary N) is 3. The zero-order valence-corrected chi connectivity index (χ0v) is 21.3. The number of hydrogen-bond acceptors (Lipinski definition) is 14. The van der Waals surface area contributed by atoms with Gasteiger partial charge in [0, 0.05) is 37.9 Å². The van der Waals surface area contributed by atoms with Crippen LogP contribution in [0, 0.1) is 0 Å². The van der Waals surface area contributed by atoms with Crippen molar-refractivity contribution >= 4 is 45.6 Å². The Morgan fingerprint density at radius 3 is 2.71 bits per heavy atom. The maximum absolute atomic E-state index is 13.2. The van der Waals surface area contributed by atoms with Gasteiger partial charge in [0.15, 0.2) is 5.71 Å². The predicted octanol–water partition coefficient (Wildman–Crippen LogP) is -3.77. The molecule has 1 saturated heterocycles. The molecule has 38 heavy (non-hydrogen) atoms. The molecule has 1 aromatic rings. The van der Waals surface area contributed by atoms with Crippen molar-refractivity contribution in [3.8, 4) is 0 Å². The highest BCUT2D eigenvalue weighted by Crippen LogP contribution is 2.40. The predicted molar refractivity (Wildman–Crippen MR) is 130 cm³/mol. The third-order valence-electron chi connectivity index (χ3n) is 5.77. The number of amides is 2. The van der Waals surface area contributed by atoms with Gasteiger partial charge in [-0.2, -0.15) is 23.4 Å². The Kier molecular flexibility index (Phi) is 7.90. The number of aromatic nitrogens is 3. The third-order valence-corrected chi connectivity index (χ3v) is 7.50. The fraction of sp³-hybridized carbons (Fsp3) is 0.556. The van der Waals surface area contributed by atoms with Crippen LogP contribution in [0.1, 0.15) is 18.5 Å². The van der Waals surface area contributed by atoms with E-state index in [2.05, 4.69) is 31.3 Å². The highest BCUT2D eigenvalue weighted by Gasteiger charge is 2.56. The van der Waals surface area contributed by atoms with Gasteiger partial charge in [-0.05, 0) is 0 Å². The Hall–Kier alpha value is -3.30. The molecule has 208 valence electrons. The highest BCUT2D eigenvalue weighted by molar-refractivity contribution is 8.02. The van der Waals surface area contributed by atoms with E-state index in [1.165, 1.54) is 11.6 Å². The van der Waals surface area contributed by atoms with E-state index < -0.39 is 57.0 Å². The summed E-state index contributed by atoms with van der Waals surface area (Å²) in [6, 6.07) is -2.70. The minimum atomic E-state index is -4.96. The van der Waals surface area contributed by atoms with Gasteiger partial charge in [0.05, 0.1) is 24.1 Å². The van der Waals surface area contributed by atoms with Crippen LogP contribution >= 0.6 is 11.8 Å². The van der Waals surface area contributed by atoms with Crippen molar-refractivity contribution in [2.75, 3.05) is 13.1 Å². The summed E-state index contributed by atoms with van der Waals surface area (Å²) in [6.45, 7) is 0.987. The number of oxime groups is 1. The van der Waals surface area contributed by atoms with E-state index in [0.717, 1.165) is 16.6 Å². The van der Waals surface area contributed by atoms with Crippen LogP contribution in [-0.2, 0) is 42.6 Å². The Morgan fingerprint density at radius 1 is 1.39 bits per heavy atom. The summed E-state index contributed by atoms with van der Waals surface area (Å²) in [5.74, 6) is -3.33. The lowest BCUT2D eigenvalue weighted by molar-refractivity contribution is -0.153. The summed E-state index contributed by atoms with van der Waals surface area (Å²) in [5.41, 5.74) is 9.24. The number of nitrogens with zero attached hydrogens (tertiary/aromatic N) is 5. The quantitative estimate of drug-likeness (QED) is 0.0392. The lowest BCUT2D eigenvalue weighted by Gasteiger charge is -2.43.